The Morgan fingerprint density at radius 3 is 2.00 bits per heavy atom. The lowest BCUT2D eigenvalue weighted by atomic mass is 9.60. The second kappa shape index (κ2) is 3.48. The molecule has 0 radical (unpaired) electrons. The molecule has 2 atom stereocenters. The number of aliphatic carboxylic acids is 1. The lowest BCUT2D eigenvalue weighted by Gasteiger charge is -2.45. The number of hydrogen-bond donors (Lipinski definition) is 1. The first-order valence-corrected chi connectivity index (χ1v) is 6.88. The minimum atomic E-state index is -0.588. The van der Waals surface area contributed by atoms with Gasteiger partial charge in [-0.2, -0.15) is 0 Å². The maximum absolute atomic E-state index is 10.9. The molecule has 16 heavy (non-hydrogen) atoms. The van der Waals surface area contributed by atoms with Gasteiger partial charge in [0.1, 0.15) is 0 Å². The largest absolute Gasteiger partial charge is 0.481 e. The molecule has 3 aliphatic rings. The van der Waals surface area contributed by atoms with E-state index in [9.17, 15) is 4.79 Å². The normalized spacial score (nSPS) is 46.4. The molecular weight excluding hydrogens is 200 g/mol. The number of hydrogen-bond acceptors (Lipinski definition) is 1. The van der Waals surface area contributed by atoms with E-state index in [2.05, 4.69) is 0 Å². The Balaban J connectivity index is 1.83. The fourth-order valence-corrected chi connectivity index (χ4v) is 5.41. The van der Waals surface area contributed by atoms with E-state index in [4.69, 9.17) is 5.11 Å². The van der Waals surface area contributed by atoms with E-state index in [0.717, 1.165) is 0 Å². The predicted molar refractivity (Wildman–Crippen MR) is 62.2 cm³/mol. The third-order valence-corrected chi connectivity index (χ3v) is 5.82. The highest BCUT2D eigenvalue weighted by Crippen LogP contribution is 2.70. The third-order valence-electron chi connectivity index (χ3n) is 5.82. The summed E-state index contributed by atoms with van der Waals surface area (Å²) in [5, 5.41) is 8.97. The molecule has 2 heteroatoms. The Hall–Kier alpha value is -0.530. The molecule has 0 saturated heterocycles. The van der Waals surface area contributed by atoms with Crippen molar-refractivity contribution in [3.63, 3.8) is 0 Å². The smallest absolute Gasteiger partial charge is 0.303 e. The van der Waals surface area contributed by atoms with Crippen molar-refractivity contribution in [2.24, 2.45) is 16.7 Å². The molecule has 2 nitrogen and oxygen atoms in total. The van der Waals surface area contributed by atoms with Crippen LogP contribution in [-0.4, -0.2) is 11.1 Å². The van der Waals surface area contributed by atoms with Crippen LogP contribution in [0.15, 0.2) is 0 Å². The van der Waals surface area contributed by atoms with Crippen LogP contribution in [0.2, 0.25) is 0 Å². The van der Waals surface area contributed by atoms with E-state index in [1.54, 1.807) is 0 Å². The fourth-order valence-electron chi connectivity index (χ4n) is 5.41. The van der Waals surface area contributed by atoms with E-state index >= 15 is 0 Å². The Kier molecular flexibility index (Phi) is 2.31. The van der Waals surface area contributed by atoms with Crippen molar-refractivity contribution in [2.75, 3.05) is 0 Å². The molecule has 2 unspecified atom stereocenters. The van der Waals surface area contributed by atoms with Crippen molar-refractivity contribution in [1.82, 2.24) is 0 Å². The zero-order valence-electron chi connectivity index (χ0n) is 10.0. The minimum Gasteiger partial charge on any atom is -0.481 e. The molecule has 0 aromatic rings. The monoisotopic (exact) mass is 222 g/mol. The first kappa shape index (κ1) is 10.6. The van der Waals surface area contributed by atoms with Crippen molar-refractivity contribution < 1.29 is 9.90 Å². The number of carboxylic acid groups (broad SMARTS) is 1. The number of carboxylic acids is 1. The van der Waals surface area contributed by atoms with Gasteiger partial charge in [0.2, 0.25) is 0 Å². The molecule has 0 aromatic heterocycles. The molecule has 1 N–H and O–H groups in total. The van der Waals surface area contributed by atoms with Crippen LogP contribution in [0.25, 0.3) is 0 Å². The average Bonchev–Trinajstić information content (AvgIpc) is 2.67. The van der Waals surface area contributed by atoms with Crippen molar-refractivity contribution in [1.29, 1.82) is 0 Å². The van der Waals surface area contributed by atoms with Gasteiger partial charge in [-0.15, -0.1) is 0 Å². The Morgan fingerprint density at radius 1 is 1.00 bits per heavy atom. The Labute approximate surface area is 97.4 Å². The second-order valence-electron chi connectivity index (χ2n) is 6.49. The maximum atomic E-state index is 10.9. The highest BCUT2D eigenvalue weighted by atomic mass is 16.4. The topological polar surface area (TPSA) is 37.3 Å². The molecule has 0 spiro atoms. The van der Waals surface area contributed by atoms with Gasteiger partial charge in [-0.3, -0.25) is 4.79 Å². The first-order chi connectivity index (χ1) is 7.66. The zero-order valence-corrected chi connectivity index (χ0v) is 10.0. The van der Waals surface area contributed by atoms with Gasteiger partial charge in [0.05, 0.1) is 0 Å². The number of carbonyl (C=O) groups is 1. The molecule has 3 saturated carbocycles. The average molecular weight is 222 g/mol. The Morgan fingerprint density at radius 2 is 1.50 bits per heavy atom. The number of rotatable bonds is 2. The molecular formula is C14H22O2. The van der Waals surface area contributed by atoms with E-state index in [1.165, 1.54) is 57.8 Å². The van der Waals surface area contributed by atoms with Gasteiger partial charge in [0.15, 0.2) is 0 Å². The maximum Gasteiger partial charge on any atom is 0.303 e. The van der Waals surface area contributed by atoms with Gasteiger partial charge in [-0.1, -0.05) is 19.3 Å². The highest BCUT2D eigenvalue weighted by molar-refractivity contribution is 5.67. The van der Waals surface area contributed by atoms with Crippen LogP contribution in [0, 0.1) is 16.7 Å². The van der Waals surface area contributed by atoms with Gasteiger partial charge in [-0.05, 0) is 55.3 Å². The molecule has 0 aromatic carbocycles. The third kappa shape index (κ3) is 1.34. The summed E-state index contributed by atoms with van der Waals surface area (Å²) < 4.78 is 0. The van der Waals surface area contributed by atoms with Crippen LogP contribution in [0.4, 0.5) is 0 Å². The minimum absolute atomic E-state index is 0.420. The van der Waals surface area contributed by atoms with Crippen LogP contribution in [0.3, 0.4) is 0 Å². The van der Waals surface area contributed by atoms with Crippen LogP contribution in [-0.2, 0) is 4.79 Å². The van der Waals surface area contributed by atoms with Crippen molar-refractivity contribution in [3.8, 4) is 0 Å². The summed E-state index contributed by atoms with van der Waals surface area (Å²) >= 11 is 0. The van der Waals surface area contributed by atoms with Crippen LogP contribution in [0.5, 0.6) is 0 Å². The van der Waals surface area contributed by atoms with E-state index in [0.29, 0.717) is 23.2 Å². The second-order valence-corrected chi connectivity index (χ2v) is 6.49. The van der Waals surface area contributed by atoms with Crippen molar-refractivity contribution in [3.05, 3.63) is 0 Å². The standard InChI is InChI=1S/C14H22O2/c15-12(16)8-11-9-13-4-1-2-5-14(13,10-11)7-3-6-13/h11H,1-10H2,(H,15,16). The quantitative estimate of drug-likeness (QED) is 0.775. The van der Waals surface area contributed by atoms with Crippen molar-refractivity contribution in [2.45, 2.75) is 64.2 Å². The first-order valence-electron chi connectivity index (χ1n) is 6.88. The van der Waals surface area contributed by atoms with Crippen LogP contribution in [0.1, 0.15) is 64.2 Å². The van der Waals surface area contributed by atoms with Gasteiger partial charge >= 0.3 is 5.97 Å². The Bertz CT molecular complexity index is 290. The molecule has 0 heterocycles. The lowest BCUT2D eigenvalue weighted by Crippen LogP contribution is -2.35. The van der Waals surface area contributed by atoms with Crippen LogP contribution < -0.4 is 0 Å². The van der Waals surface area contributed by atoms with Gasteiger partial charge in [-0.25, -0.2) is 0 Å². The molecule has 3 fully saturated rings. The lowest BCUT2D eigenvalue weighted by molar-refractivity contribution is -0.138. The highest BCUT2D eigenvalue weighted by Gasteiger charge is 2.60. The van der Waals surface area contributed by atoms with E-state index < -0.39 is 5.97 Å². The van der Waals surface area contributed by atoms with Gasteiger partial charge < -0.3 is 5.11 Å². The molecule has 3 rings (SSSR count). The summed E-state index contributed by atoms with van der Waals surface area (Å²) in [6.45, 7) is 0. The summed E-state index contributed by atoms with van der Waals surface area (Å²) in [5.74, 6) is -0.106. The summed E-state index contributed by atoms with van der Waals surface area (Å²) in [6.07, 6.45) is 12.6. The van der Waals surface area contributed by atoms with E-state index in [1.807, 2.05) is 0 Å². The SMILES string of the molecule is O=C(O)CC1CC23CCCCC2(CCC3)C1. The molecule has 90 valence electrons. The summed E-state index contributed by atoms with van der Waals surface area (Å²) in [6, 6.07) is 0. The fraction of sp³-hybridized carbons (Fsp3) is 0.929. The summed E-state index contributed by atoms with van der Waals surface area (Å²) in [7, 11) is 0. The van der Waals surface area contributed by atoms with E-state index in [-0.39, 0.29) is 0 Å². The van der Waals surface area contributed by atoms with Gasteiger partial charge in [0.25, 0.3) is 0 Å². The molecule has 0 amide bonds. The summed E-state index contributed by atoms with van der Waals surface area (Å²) in [5.41, 5.74) is 1.15. The predicted octanol–water partition coefficient (Wildman–Crippen LogP) is 3.60. The van der Waals surface area contributed by atoms with Crippen molar-refractivity contribution >= 4 is 5.97 Å². The molecule has 3 aliphatic carbocycles. The summed E-state index contributed by atoms with van der Waals surface area (Å²) in [4.78, 5) is 10.9. The zero-order chi connectivity index (χ0) is 11.2. The molecule has 0 aliphatic heterocycles. The van der Waals surface area contributed by atoms with Gasteiger partial charge in [0, 0.05) is 6.42 Å². The van der Waals surface area contributed by atoms with Crippen LogP contribution >= 0.6 is 0 Å². The molecule has 0 bridgehead atoms.